The van der Waals surface area contributed by atoms with Crippen LogP contribution < -0.4 is 4.90 Å². The number of hydrogen-bond donors (Lipinski definition) is 1. The van der Waals surface area contributed by atoms with Crippen LogP contribution in [-0.4, -0.2) is 28.7 Å². The molecule has 19 heavy (non-hydrogen) atoms. The largest absolute Gasteiger partial charge is 0.375 e. The van der Waals surface area contributed by atoms with E-state index in [0.29, 0.717) is 23.1 Å². The van der Waals surface area contributed by atoms with E-state index in [1.807, 2.05) is 6.07 Å². The van der Waals surface area contributed by atoms with Crippen molar-refractivity contribution >= 4 is 49.2 Å². The van der Waals surface area contributed by atoms with E-state index < -0.39 is 11.5 Å². The molecule has 0 radical (unpaired) electrons. The summed E-state index contributed by atoms with van der Waals surface area (Å²) in [6.45, 7) is 1.82. The third-order valence-electron chi connectivity index (χ3n) is 3.11. The molecule has 1 atom stereocenters. The molecule has 1 aliphatic rings. The van der Waals surface area contributed by atoms with Gasteiger partial charge in [0.25, 0.3) is 5.91 Å². The number of rotatable bonds is 4. The van der Waals surface area contributed by atoms with Crippen molar-refractivity contribution in [3.05, 3.63) is 28.2 Å². The van der Waals surface area contributed by atoms with Gasteiger partial charge >= 0.3 is 0 Å². The smallest absolute Gasteiger partial charge is 0.264 e. The molecule has 0 saturated heterocycles. The Bertz CT molecular complexity index is 547. The second-order valence-electron chi connectivity index (χ2n) is 4.55. The summed E-state index contributed by atoms with van der Waals surface area (Å²) in [6, 6.07) is 5.29. The van der Waals surface area contributed by atoms with E-state index in [-0.39, 0.29) is 12.2 Å². The molecule has 0 saturated carbocycles. The summed E-state index contributed by atoms with van der Waals surface area (Å²) in [6.07, 6.45) is -0.200. The zero-order valence-electron chi connectivity index (χ0n) is 10.3. The van der Waals surface area contributed by atoms with E-state index in [0.717, 1.165) is 4.47 Å². The predicted molar refractivity (Wildman–Crippen MR) is 79.5 cm³/mol. The second kappa shape index (κ2) is 5.34. The van der Waals surface area contributed by atoms with Crippen LogP contribution in [0.5, 0.6) is 0 Å². The molecule has 1 aliphatic heterocycles. The number of alkyl halides is 1. The fourth-order valence-electron chi connectivity index (χ4n) is 2.36. The van der Waals surface area contributed by atoms with Gasteiger partial charge in [0, 0.05) is 28.3 Å². The lowest BCUT2D eigenvalue weighted by Crippen LogP contribution is -2.42. The van der Waals surface area contributed by atoms with E-state index in [2.05, 4.69) is 31.9 Å². The number of anilines is 1. The van der Waals surface area contributed by atoms with Gasteiger partial charge in [0.05, 0.1) is 5.69 Å². The van der Waals surface area contributed by atoms with Crippen LogP contribution in [0.3, 0.4) is 0 Å². The number of amides is 1. The number of nitrogens with zero attached hydrogens (tertiary/aromatic N) is 1. The van der Waals surface area contributed by atoms with Gasteiger partial charge in [-0.15, -0.1) is 0 Å². The first kappa shape index (κ1) is 14.7. The quantitative estimate of drug-likeness (QED) is 0.803. The molecule has 0 spiro atoms. The number of Topliss-reactive ketones (excluding diaryl/α,β-unsaturated/α-hetero) is 1. The van der Waals surface area contributed by atoms with Gasteiger partial charge in [-0.1, -0.05) is 31.9 Å². The minimum absolute atomic E-state index is 0.200. The first-order valence-electron chi connectivity index (χ1n) is 5.80. The second-order valence-corrected chi connectivity index (χ2v) is 6.25. The van der Waals surface area contributed by atoms with Crippen LogP contribution in [-0.2, 0) is 15.2 Å². The summed E-state index contributed by atoms with van der Waals surface area (Å²) in [4.78, 5) is 25.3. The summed E-state index contributed by atoms with van der Waals surface area (Å²) >= 11 is 6.62. The van der Waals surface area contributed by atoms with Crippen molar-refractivity contribution in [2.24, 2.45) is 0 Å². The minimum atomic E-state index is -1.74. The molecule has 4 nitrogen and oxygen atoms in total. The highest BCUT2D eigenvalue weighted by atomic mass is 79.9. The molecule has 102 valence electrons. The molecular formula is C13H13Br2NO3. The molecule has 2 rings (SSSR count). The maximum absolute atomic E-state index is 12.4. The molecule has 1 heterocycles. The Morgan fingerprint density at radius 1 is 1.47 bits per heavy atom. The number of carbonyl (C=O) groups excluding carboxylic acids is 2. The van der Waals surface area contributed by atoms with Gasteiger partial charge in [0.1, 0.15) is 5.78 Å². The number of carbonyl (C=O) groups is 2. The lowest BCUT2D eigenvalue weighted by atomic mass is 9.90. The fourth-order valence-corrected chi connectivity index (χ4v) is 3.08. The molecule has 0 bridgehead atoms. The summed E-state index contributed by atoms with van der Waals surface area (Å²) in [7, 11) is 0. The lowest BCUT2D eigenvalue weighted by Gasteiger charge is -2.21. The molecule has 0 aliphatic carbocycles. The van der Waals surface area contributed by atoms with Gasteiger partial charge in [-0.25, -0.2) is 0 Å². The summed E-state index contributed by atoms with van der Waals surface area (Å²) in [5.41, 5.74) is -0.591. The summed E-state index contributed by atoms with van der Waals surface area (Å²) in [5, 5.41) is 11.3. The van der Waals surface area contributed by atoms with Crippen LogP contribution in [0.2, 0.25) is 0 Å². The summed E-state index contributed by atoms with van der Waals surface area (Å²) < 4.78 is 0.765. The number of halogens is 2. The van der Waals surface area contributed by atoms with Crippen LogP contribution in [0.1, 0.15) is 18.9 Å². The van der Waals surface area contributed by atoms with Crippen LogP contribution in [0, 0.1) is 0 Å². The minimum Gasteiger partial charge on any atom is -0.375 e. The van der Waals surface area contributed by atoms with Crippen molar-refractivity contribution in [2.75, 3.05) is 16.8 Å². The van der Waals surface area contributed by atoms with E-state index in [1.165, 1.54) is 11.8 Å². The monoisotopic (exact) mass is 389 g/mol. The third-order valence-corrected chi connectivity index (χ3v) is 3.95. The lowest BCUT2D eigenvalue weighted by molar-refractivity contribution is -0.141. The van der Waals surface area contributed by atoms with Crippen molar-refractivity contribution in [3.8, 4) is 0 Å². The fraction of sp³-hybridized carbons (Fsp3) is 0.385. The molecule has 1 aromatic carbocycles. The van der Waals surface area contributed by atoms with Crippen molar-refractivity contribution in [1.82, 2.24) is 0 Å². The van der Waals surface area contributed by atoms with E-state index in [1.54, 1.807) is 12.1 Å². The average Bonchev–Trinajstić information content (AvgIpc) is 2.51. The van der Waals surface area contributed by atoms with Gasteiger partial charge in [-0.05, 0) is 25.1 Å². The highest BCUT2D eigenvalue weighted by molar-refractivity contribution is 9.10. The maximum Gasteiger partial charge on any atom is 0.264 e. The number of hydrogen-bond acceptors (Lipinski definition) is 3. The van der Waals surface area contributed by atoms with Crippen LogP contribution >= 0.6 is 31.9 Å². The van der Waals surface area contributed by atoms with Gasteiger partial charge in [-0.3, -0.25) is 9.59 Å². The molecule has 1 N–H and O–H groups in total. The topological polar surface area (TPSA) is 57.6 Å². The van der Waals surface area contributed by atoms with E-state index in [4.69, 9.17) is 0 Å². The molecule has 1 amide bonds. The van der Waals surface area contributed by atoms with E-state index >= 15 is 0 Å². The first-order valence-corrected chi connectivity index (χ1v) is 7.71. The van der Waals surface area contributed by atoms with Crippen molar-refractivity contribution < 1.29 is 14.7 Å². The SMILES string of the molecule is CC(=O)CC1(O)C(=O)N(CCBr)c2ccc(Br)cc21. The molecule has 1 aromatic rings. The Morgan fingerprint density at radius 2 is 2.16 bits per heavy atom. The highest BCUT2D eigenvalue weighted by Crippen LogP contribution is 2.43. The average molecular weight is 391 g/mol. The molecular weight excluding hydrogens is 378 g/mol. The number of benzene rings is 1. The van der Waals surface area contributed by atoms with Gasteiger partial charge in [0.2, 0.25) is 0 Å². The van der Waals surface area contributed by atoms with E-state index in [9.17, 15) is 14.7 Å². The van der Waals surface area contributed by atoms with Crippen molar-refractivity contribution in [1.29, 1.82) is 0 Å². The summed E-state index contributed by atoms with van der Waals surface area (Å²) in [5.74, 6) is -0.655. The molecule has 6 heteroatoms. The van der Waals surface area contributed by atoms with Crippen LogP contribution in [0.4, 0.5) is 5.69 Å². The van der Waals surface area contributed by atoms with Gasteiger partial charge < -0.3 is 10.0 Å². The highest BCUT2D eigenvalue weighted by Gasteiger charge is 2.50. The Labute approximate surface area is 128 Å². The maximum atomic E-state index is 12.4. The number of ketones is 1. The van der Waals surface area contributed by atoms with Gasteiger partial charge in [-0.2, -0.15) is 0 Å². The van der Waals surface area contributed by atoms with Crippen molar-refractivity contribution in [2.45, 2.75) is 18.9 Å². The zero-order chi connectivity index (χ0) is 14.2. The Kier molecular flexibility index (Phi) is 4.13. The Morgan fingerprint density at radius 3 is 2.74 bits per heavy atom. The Hall–Kier alpha value is -0.720. The normalized spacial score (nSPS) is 21.7. The molecule has 0 fully saturated rings. The first-order chi connectivity index (χ1) is 8.90. The van der Waals surface area contributed by atoms with Crippen molar-refractivity contribution in [3.63, 3.8) is 0 Å². The molecule has 0 aromatic heterocycles. The third kappa shape index (κ3) is 2.49. The van der Waals surface area contributed by atoms with Crippen LogP contribution in [0.15, 0.2) is 22.7 Å². The predicted octanol–water partition coefficient (Wildman–Crippen LogP) is 2.36. The number of fused-ring (bicyclic) bond motifs is 1. The Balaban J connectivity index is 2.56. The number of aliphatic hydroxyl groups is 1. The molecule has 1 unspecified atom stereocenters. The zero-order valence-corrected chi connectivity index (χ0v) is 13.5. The standard InChI is InChI=1S/C13H13Br2NO3/c1-8(17)7-13(19)10-6-9(15)2-3-11(10)16(5-4-14)12(13)18/h2-3,6,19H,4-5,7H2,1H3. The van der Waals surface area contributed by atoms with Crippen LogP contribution in [0.25, 0.3) is 0 Å². The van der Waals surface area contributed by atoms with Gasteiger partial charge in [0.15, 0.2) is 5.60 Å².